The fraction of sp³-hybridized carbons (Fsp3) is 0.222. The number of nitrogens with two attached hydrogens (primary N) is 1. The van der Waals surface area contributed by atoms with Crippen LogP contribution in [0.5, 0.6) is 5.75 Å². The van der Waals surface area contributed by atoms with Crippen molar-refractivity contribution in [3.8, 4) is 23.1 Å². The van der Waals surface area contributed by atoms with Gasteiger partial charge in [-0.15, -0.1) is 0 Å². The number of phenolic OH excluding ortho intramolecular Hbond substituents is 1. The Morgan fingerprint density at radius 1 is 1.26 bits per heavy atom. The van der Waals surface area contributed by atoms with E-state index in [1.54, 1.807) is 30.5 Å². The van der Waals surface area contributed by atoms with Crippen molar-refractivity contribution in [3.63, 3.8) is 0 Å². The number of nitrogens with zero attached hydrogens (tertiary/aromatic N) is 3. The lowest BCUT2D eigenvalue weighted by Crippen LogP contribution is -2.21. The predicted octanol–water partition coefficient (Wildman–Crippen LogP) is 3.62. The Hall–Kier alpha value is -3.00. The van der Waals surface area contributed by atoms with Gasteiger partial charge < -0.3 is 15.4 Å². The van der Waals surface area contributed by atoms with Crippen LogP contribution in [-0.4, -0.2) is 14.7 Å². The van der Waals surface area contributed by atoms with Crippen LogP contribution in [0.3, 0.4) is 0 Å². The van der Waals surface area contributed by atoms with E-state index in [2.05, 4.69) is 11.1 Å². The first-order chi connectivity index (χ1) is 10.8. The minimum atomic E-state index is -0.230. The number of rotatable bonds is 1. The maximum Gasteiger partial charge on any atom is 0.142 e. The van der Waals surface area contributed by atoms with E-state index in [0.717, 1.165) is 5.39 Å². The van der Waals surface area contributed by atoms with E-state index in [4.69, 9.17) is 5.73 Å². The van der Waals surface area contributed by atoms with E-state index >= 15 is 0 Å². The number of pyridine rings is 1. The van der Waals surface area contributed by atoms with Crippen molar-refractivity contribution in [2.45, 2.75) is 26.3 Å². The Balaban J connectivity index is 2.38. The van der Waals surface area contributed by atoms with Crippen molar-refractivity contribution < 1.29 is 5.11 Å². The zero-order valence-electron chi connectivity index (χ0n) is 13.3. The third kappa shape index (κ3) is 2.38. The number of anilines is 1. The van der Waals surface area contributed by atoms with Crippen LogP contribution in [0.25, 0.3) is 22.3 Å². The molecule has 5 nitrogen and oxygen atoms in total. The molecule has 0 amide bonds. The van der Waals surface area contributed by atoms with Crippen LogP contribution in [0.15, 0.2) is 36.5 Å². The van der Waals surface area contributed by atoms with E-state index in [0.29, 0.717) is 28.2 Å². The van der Waals surface area contributed by atoms with Crippen molar-refractivity contribution in [2.24, 2.45) is 0 Å². The summed E-state index contributed by atoms with van der Waals surface area (Å²) >= 11 is 0. The number of para-hydroxylation sites is 1. The second kappa shape index (κ2) is 5.03. The molecule has 2 aromatic heterocycles. The van der Waals surface area contributed by atoms with Crippen LogP contribution in [0, 0.1) is 11.3 Å². The van der Waals surface area contributed by atoms with Gasteiger partial charge in [0.15, 0.2) is 0 Å². The van der Waals surface area contributed by atoms with Gasteiger partial charge in [-0.2, -0.15) is 5.26 Å². The molecule has 0 saturated carbocycles. The van der Waals surface area contributed by atoms with Crippen LogP contribution >= 0.6 is 0 Å². The topological polar surface area (TPSA) is 87.9 Å². The molecule has 0 saturated heterocycles. The number of nitriles is 1. The number of aromatic hydroxyl groups is 1. The van der Waals surface area contributed by atoms with Crippen molar-refractivity contribution in [1.82, 2.24) is 9.55 Å². The van der Waals surface area contributed by atoms with Gasteiger partial charge in [0, 0.05) is 22.7 Å². The predicted molar refractivity (Wildman–Crippen MR) is 91.0 cm³/mol. The number of nitrogen functional groups attached to an aromatic ring is 1. The molecule has 0 atom stereocenters. The Morgan fingerprint density at radius 2 is 1.96 bits per heavy atom. The number of hydrogen-bond donors (Lipinski definition) is 2. The Kier molecular flexibility index (Phi) is 3.26. The molecule has 0 unspecified atom stereocenters. The molecule has 2 heterocycles. The molecule has 0 aliphatic rings. The van der Waals surface area contributed by atoms with Gasteiger partial charge in [0.05, 0.1) is 16.9 Å². The molecule has 0 spiro atoms. The minimum absolute atomic E-state index is 0.125. The number of phenols is 1. The molecule has 5 heteroatoms. The van der Waals surface area contributed by atoms with Gasteiger partial charge in [-0.3, -0.25) is 0 Å². The first kappa shape index (κ1) is 14.9. The van der Waals surface area contributed by atoms with Gasteiger partial charge in [0.2, 0.25) is 0 Å². The number of hydrogen-bond acceptors (Lipinski definition) is 4. The maximum atomic E-state index is 10.1. The maximum absolute atomic E-state index is 10.1. The molecular weight excluding hydrogens is 288 g/mol. The molecule has 0 aliphatic heterocycles. The fourth-order valence-corrected chi connectivity index (χ4v) is 2.65. The molecule has 0 radical (unpaired) electrons. The van der Waals surface area contributed by atoms with Crippen molar-refractivity contribution >= 4 is 16.7 Å². The van der Waals surface area contributed by atoms with Gasteiger partial charge in [0.25, 0.3) is 0 Å². The zero-order chi connectivity index (χ0) is 16.8. The molecule has 23 heavy (non-hydrogen) atoms. The summed E-state index contributed by atoms with van der Waals surface area (Å²) in [5.41, 5.74) is 8.66. The van der Waals surface area contributed by atoms with Gasteiger partial charge >= 0.3 is 0 Å². The number of benzene rings is 1. The van der Waals surface area contributed by atoms with Crippen molar-refractivity contribution in [1.29, 1.82) is 5.26 Å². The van der Waals surface area contributed by atoms with Crippen LogP contribution in [0.1, 0.15) is 26.3 Å². The fourth-order valence-electron chi connectivity index (χ4n) is 2.65. The molecule has 3 aromatic rings. The highest BCUT2D eigenvalue weighted by atomic mass is 16.3. The second-order valence-electron chi connectivity index (χ2n) is 6.51. The van der Waals surface area contributed by atoms with Gasteiger partial charge in [-0.1, -0.05) is 12.1 Å². The highest BCUT2D eigenvalue weighted by Crippen LogP contribution is 2.35. The van der Waals surface area contributed by atoms with E-state index in [1.165, 1.54) is 0 Å². The van der Waals surface area contributed by atoms with E-state index < -0.39 is 0 Å². The van der Waals surface area contributed by atoms with Gasteiger partial charge in [-0.05, 0) is 39.0 Å². The minimum Gasteiger partial charge on any atom is -0.507 e. The lowest BCUT2D eigenvalue weighted by Gasteiger charge is -2.22. The lowest BCUT2D eigenvalue weighted by molar-refractivity contribution is 0.408. The SMILES string of the molecule is CC(C)(C)n1cc(C#N)c2cc(N)c(-c3ccccc3O)nc21. The third-order valence-electron chi connectivity index (χ3n) is 3.81. The summed E-state index contributed by atoms with van der Waals surface area (Å²) in [6, 6.07) is 10.9. The molecule has 0 bridgehead atoms. The summed E-state index contributed by atoms with van der Waals surface area (Å²) in [4.78, 5) is 4.67. The molecule has 1 aromatic carbocycles. The summed E-state index contributed by atoms with van der Waals surface area (Å²) in [6.45, 7) is 6.14. The van der Waals surface area contributed by atoms with E-state index in [1.807, 2.05) is 31.4 Å². The third-order valence-corrected chi connectivity index (χ3v) is 3.81. The summed E-state index contributed by atoms with van der Waals surface area (Å²) < 4.78 is 1.96. The van der Waals surface area contributed by atoms with Crippen LogP contribution in [0.2, 0.25) is 0 Å². The molecule has 0 aliphatic carbocycles. The van der Waals surface area contributed by atoms with Crippen molar-refractivity contribution in [3.05, 3.63) is 42.1 Å². The molecular formula is C18H18N4O. The van der Waals surface area contributed by atoms with Crippen LogP contribution in [-0.2, 0) is 5.54 Å². The first-order valence-corrected chi connectivity index (χ1v) is 7.33. The Morgan fingerprint density at radius 3 is 2.57 bits per heavy atom. The zero-order valence-corrected chi connectivity index (χ0v) is 13.3. The first-order valence-electron chi connectivity index (χ1n) is 7.33. The summed E-state index contributed by atoms with van der Waals surface area (Å²) in [5.74, 6) is 0.125. The highest BCUT2D eigenvalue weighted by molar-refractivity contribution is 5.91. The molecule has 0 fully saturated rings. The monoisotopic (exact) mass is 306 g/mol. The van der Waals surface area contributed by atoms with Gasteiger partial charge in [-0.25, -0.2) is 4.98 Å². The Bertz CT molecular complexity index is 942. The normalized spacial score (nSPS) is 11.6. The highest BCUT2D eigenvalue weighted by Gasteiger charge is 2.21. The second-order valence-corrected chi connectivity index (χ2v) is 6.51. The number of fused-ring (bicyclic) bond motifs is 1. The average Bonchev–Trinajstić information content (AvgIpc) is 2.85. The smallest absolute Gasteiger partial charge is 0.142 e. The van der Waals surface area contributed by atoms with E-state index in [-0.39, 0.29) is 11.3 Å². The largest absolute Gasteiger partial charge is 0.507 e. The Labute approximate surface area is 134 Å². The van der Waals surface area contributed by atoms with Gasteiger partial charge in [0.1, 0.15) is 17.5 Å². The summed E-state index contributed by atoms with van der Waals surface area (Å²) in [7, 11) is 0. The lowest BCUT2D eigenvalue weighted by atomic mass is 10.1. The molecule has 3 rings (SSSR count). The van der Waals surface area contributed by atoms with Crippen LogP contribution < -0.4 is 5.73 Å². The molecule has 3 N–H and O–H groups in total. The summed E-state index contributed by atoms with van der Waals surface area (Å²) in [6.07, 6.45) is 1.80. The van der Waals surface area contributed by atoms with Crippen molar-refractivity contribution in [2.75, 3.05) is 5.73 Å². The standard InChI is InChI=1S/C18H18N4O/c1-18(2,3)22-10-11(9-19)13-8-14(20)16(21-17(13)22)12-6-4-5-7-15(12)23/h4-8,10,23H,20H2,1-3H3. The quantitative estimate of drug-likeness (QED) is 0.718. The van der Waals surface area contributed by atoms with E-state index in [9.17, 15) is 10.4 Å². The molecule has 116 valence electrons. The average molecular weight is 306 g/mol. The van der Waals surface area contributed by atoms with Crippen LogP contribution in [0.4, 0.5) is 5.69 Å². The summed E-state index contributed by atoms with van der Waals surface area (Å²) in [5, 5.41) is 20.2. The number of aromatic nitrogens is 2.